The number of para-hydroxylation sites is 1. The Morgan fingerprint density at radius 1 is 1.41 bits per heavy atom. The number of aromatic nitrogens is 2. The number of esters is 1. The first-order valence-electron chi connectivity index (χ1n) is 7.18. The van der Waals surface area contributed by atoms with E-state index in [0.717, 1.165) is 18.7 Å². The van der Waals surface area contributed by atoms with Gasteiger partial charge in [0.1, 0.15) is 5.56 Å². The van der Waals surface area contributed by atoms with E-state index in [-0.39, 0.29) is 5.97 Å². The third kappa shape index (κ3) is 2.66. The lowest BCUT2D eigenvalue weighted by molar-refractivity contribution is 0.0526. The van der Waals surface area contributed by atoms with Gasteiger partial charge in [-0.25, -0.2) is 14.8 Å². The molecule has 0 aliphatic carbocycles. The molecule has 2 aromatic rings. The predicted molar refractivity (Wildman–Crippen MR) is 86.9 cm³/mol. The standard InChI is InChI=1S/C16H17N3O2S/c1-3-21-15(20)12-10-17-16(22-2)18-14(12)19-9-8-11-6-4-5-7-13(11)19/h4-7,10H,3,8-9H2,1-2H3. The van der Waals surface area contributed by atoms with Gasteiger partial charge in [-0.2, -0.15) is 0 Å². The Hall–Kier alpha value is -2.08. The Morgan fingerprint density at radius 3 is 3.00 bits per heavy atom. The van der Waals surface area contributed by atoms with Crippen LogP contribution in [0, 0.1) is 0 Å². The molecule has 0 atom stereocenters. The topological polar surface area (TPSA) is 55.3 Å². The molecule has 2 heterocycles. The highest BCUT2D eigenvalue weighted by Gasteiger charge is 2.26. The molecule has 0 bridgehead atoms. The van der Waals surface area contributed by atoms with Crippen molar-refractivity contribution in [1.82, 2.24) is 9.97 Å². The summed E-state index contributed by atoms with van der Waals surface area (Å²) in [6.45, 7) is 2.93. The molecule has 6 heteroatoms. The Balaban J connectivity index is 2.07. The molecule has 114 valence electrons. The molecular formula is C16H17N3O2S. The zero-order valence-corrected chi connectivity index (χ0v) is 13.4. The van der Waals surface area contributed by atoms with Crippen LogP contribution in [0.15, 0.2) is 35.6 Å². The molecule has 0 spiro atoms. The number of carbonyl (C=O) groups excluding carboxylic acids is 1. The molecule has 0 saturated heterocycles. The molecule has 1 aromatic heterocycles. The number of benzene rings is 1. The van der Waals surface area contributed by atoms with Crippen molar-refractivity contribution in [3.05, 3.63) is 41.6 Å². The third-order valence-electron chi connectivity index (χ3n) is 3.57. The van der Waals surface area contributed by atoms with Crippen molar-refractivity contribution in [1.29, 1.82) is 0 Å². The van der Waals surface area contributed by atoms with E-state index in [9.17, 15) is 4.79 Å². The lowest BCUT2D eigenvalue weighted by Crippen LogP contribution is -2.20. The van der Waals surface area contributed by atoms with Crippen molar-refractivity contribution >= 4 is 29.2 Å². The quantitative estimate of drug-likeness (QED) is 0.491. The second kappa shape index (κ2) is 6.36. The van der Waals surface area contributed by atoms with Gasteiger partial charge in [-0.05, 0) is 31.2 Å². The van der Waals surface area contributed by atoms with Crippen LogP contribution in [0.5, 0.6) is 0 Å². The van der Waals surface area contributed by atoms with Gasteiger partial charge in [0, 0.05) is 18.4 Å². The summed E-state index contributed by atoms with van der Waals surface area (Å²) in [7, 11) is 0. The van der Waals surface area contributed by atoms with Crippen LogP contribution in [-0.2, 0) is 11.2 Å². The van der Waals surface area contributed by atoms with Crippen LogP contribution in [-0.4, -0.2) is 35.3 Å². The second-order valence-electron chi connectivity index (χ2n) is 4.84. The van der Waals surface area contributed by atoms with Gasteiger partial charge in [-0.15, -0.1) is 0 Å². The van der Waals surface area contributed by atoms with Gasteiger partial charge in [0.2, 0.25) is 0 Å². The Labute approximate surface area is 133 Å². The number of hydrogen-bond donors (Lipinski definition) is 0. The fourth-order valence-electron chi connectivity index (χ4n) is 2.57. The van der Waals surface area contributed by atoms with Crippen molar-refractivity contribution < 1.29 is 9.53 Å². The highest BCUT2D eigenvalue weighted by Crippen LogP contribution is 2.35. The lowest BCUT2D eigenvalue weighted by Gasteiger charge is -2.21. The molecule has 0 unspecified atom stereocenters. The highest BCUT2D eigenvalue weighted by atomic mass is 32.2. The van der Waals surface area contributed by atoms with E-state index in [2.05, 4.69) is 27.0 Å². The fraction of sp³-hybridized carbons (Fsp3) is 0.312. The summed E-state index contributed by atoms with van der Waals surface area (Å²) in [4.78, 5) is 23.0. The maximum Gasteiger partial charge on any atom is 0.343 e. The van der Waals surface area contributed by atoms with E-state index in [1.807, 2.05) is 18.4 Å². The average Bonchev–Trinajstić information content (AvgIpc) is 2.98. The molecule has 22 heavy (non-hydrogen) atoms. The minimum atomic E-state index is -0.380. The molecule has 0 fully saturated rings. The van der Waals surface area contributed by atoms with Gasteiger partial charge in [0.05, 0.1) is 6.61 Å². The van der Waals surface area contributed by atoms with Crippen molar-refractivity contribution in [3.63, 3.8) is 0 Å². The molecule has 1 aliphatic heterocycles. The van der Waals surface area contributed by atoms with Crippen LogP contribution in [0.3, 0.4) is 0 Å². The molecule has 0 saturated carbocycles. The minimum absolute atomic E-state index is 0.332. The van der Waals surface area contributed by atoms with Gasteiger partial charge in [0.25, 0.3) is 0 Å². The van der Waals surface area contributed by atoms with Crippen molar-refractivity contribution in [2.75, 3.05) is 24.3 Å². The smallest absolute Gasteiger partial charge is 0.343 e. The zero-order chi connectivity index (χ0) is 15.5. The number of anilines is 2. The number of hydrogen-bond acceptors (Lipinski definition) is 6. The molecular weight excluding hydrogens is 298 g/mol. The van der Waals surface area contributed by atoms with Crippen LogP contribution in [0.25, 0.3) is 0 Å². The molecule has 1 aliphatic rings. The summed E-state index contributed by atoms with van der Waals surface area (Å²) in [5.74, 6) is 0.247. The molecule has 3 rings (SSSR count). The van der Waals surface area contributed by atoms with Crippen LogP contribution in [0.2, 0.25) is 0 Å². The van der Waals surface area contributed by atoms with Gasteiger partial charge in [-0.3, -0.25) is 0 Å². The third-order valence-corrected chi connectivity index (χ3v) is 4.13. The maximum atomic E-state index is 12.2. The normalized spacial score (nSPS) is 13.1. The SMILES string of the molecule is CCOC(=O)c1cnc(SC)nc1N1CCc2ccccc21. The Bertz CT molecular complexity index is 706. The average molecular weight is 315 g/mol. The van der Waals surface area contributed by atoms with E-state index >= 15 is 0 Å². The number of ether oxygens (including phenoxy) is 1. The van der Waals surface area contributed by atoms with E-state index in [1.165, 1.54) is 17.3 Å². The van der Waals surface area contributed by atoms with Crippen LogP contribution in [0.4, 0.5) is 11.5 Å². The summed E-state index contributed by atoms with van der Waals surface area (Å²) in [6, 6.07) is 8.19. The van der Waals surface area contributed by atoms with E-state index < -0.39 is 0 Å². The van der Waals surface area contributed by atoms with Gasteiger partial charge in [0.15, 0.2) is 11.0 Å². The highest BCUT2D eigenvalue weighted by molar-refractivity contribution is 7.98. The monoisotopic (exact) mass is 315 g/mol. The first-order valence-corrected chi connectivity index (χ1v) is 8.40. The lowest BCUT2D eigenvalue weighted by atomic mass is 10.2. The fourth-order valence-corrected chi connectivity index (χ4v) is 2.91. The molecule has 0 amide bonds. The van der Waals surface area contributed by atoms with Gasteiger partial charge < -0.3 is 9.64 Å². The summed E-state index contributed by atoms with van der Waals surface area (Å²) >= 11 is 1.46. The molecule has 1 aromatic carbocycles. The minimum Gasteiger partial charge on any atom is -0.462 e. The first-order chi connectivity index (χ1) is 10.7. The number of thioether (sulfide) groups is 1. The largest absolute Gasteiger partial charge is 0.462 e. The Kier molecular flexibility index (Phi) is 4.29. The number of carbonyl (C=O) groups is 1. The summed E-state index contributed by atoms with van der Waals surface area (Å²) < 4.78 is 5.14. The summed E-state index contributed by atoms with van der Waals surface area (Å²) in [6.07, 6.45) is 4.42. The second-order valence-corrected chi connectivity index (χ2v) is 5.62. The van der Waals surface area contributed by atoms with Gasteiger partial charge >= 0.3 is 5.97 Å². The predicted octanol–water partition coefficient (Wildman–Crippen LogP) is 3.07. The van der Waals surface area contributed by atoms with Crippen LogP contribution < -0.4 is 4.90 Å². The van der Waals surface area contributed by atoms with E-state index in [1.54, 1.807) is 13.1 Å². The Morgan fingerprint density at radius 2 is 2.23 bits per heavy atom. The van der Waals surface area contributed by atoms with Crippen LogP contribution >= 0.6 is 11.8 Å². The van der Waals surface area contributed by atoms with E-state index in [4.69, 9.17) is 4.74 Å². The maximum absolute atomic E-state index is 12.2. The molecule has 5 nitrogen and oxygen atoms in total. The number of nitrogens with zero attached hydrogens (tertiary/aromatic N) is 3. The number of fused-ring (bicyclic) bond motifs is 1. The van der Waals surface area contributed by atoms with Gasteiger partial charge in [-0.1, -0.05) is 30.0 Å². The van der Waals surface area contributed by atoms with Crippen molar-refractivity contribution in [2.24, 2.45) is 0 Å². The molecule has 0 N–H and O–H groups in total. The first kappa shape index (κ1) is 14.8. The number of rotatable bonds is 4. The zero-order valence-electron chi connectivity index (χ0n) is 12.6. The van der Waals surface area contributed by atoms with E-state index in [0.29, 0.717) is 23.1 Å². The van der Waals surface area contributed by atoms with Crippen molar-refractivity contribution in [2.45, 2.75) is 18.5 Å². The van der Waals surface area contributed by atoms with Crippen LogP contribution in [0.1, 0.15) is 22.8 Å². The summed E-state index contributed by atoms with van der Waals surface area (Å²) in [5.41, 5.74) is 2.77. The summed E-state index contributed by atoms with van der Waals surface area (Å²) in [5, 5.41) is 0.646. The van der Waals surface area contributed by atoms with Crippen molar-refractivity contribution in [3.8, 4) is 0 Å². The molecule has 0 radical (unpaired) electrons.